The Hall–Kier alpha value is -4.82. The van der Waals surface area contributed by atoms with E-state index >= 15 is 0 Å². The lowest BCUT2D eigenvalue weighted by molar-refractivity contribution is 0.0666. The number of benzene rings is 3. The number of anilines is 1. The van der Waals surface area contributed by atoms with Crippen LogP contribution in [0.25, 0.3) is 17.0 Å². The molecule has 1 aliphatic heterocycles. The Bertz CT molecular complexity index is 1480. The number of rotatable bonds is 7. The van der Waals surface area contributed by atoms with E-state index in [1.54, 1.807) is 60.2 Å². The average Bonchev–Trinajstić information content (AvgIpc) is 3.16. The van der Waals surface area contributed by atoms with Crippen molar-refractivity contribution in [2.75, 3.05) is 18.4 Å². The second-order valence-electron chi connectivity index (χ2n) is 8.38. The second-order valence-corrected chi connectivity index (χ2v) is 8.38. The van der Waals surface area contributed by atoms with Crippen LogP contribution < -0.4 is 10.8 Å². The highest BCUT2D eigenvalue weighted by Gasteiger charge is 2.35. The lowest BCUT2D eigenvalue weighted by atomic mass is 10.1. The molecule has 2 heterocycles. The summed E-state index contributed by atoms with van der Waals surface area (Å²) in [5.74, 6) is -1.27. The standard InChI is InChI=1S/C28H22N4O4/c33-26(31-36)20-11-9-18(10-12-20)13-19(15-29-22-14-21-5-1-4-8-25(21)30-16-22)17-32-27(34)23-6-2-3-7-24(23)28(32)35/h1-14,16,29,36H,15,17H2,(H,31,33)/b19-13-. The van der Waals surface area contributed by atoms with Gasteiger partial charge in [0, 0.05) is 17.5 Å². The number of carbonyl (C=O) groups excluding carboxylic acids is 3. The van der Waals surface area contributed by atoms with Crippen LogP contribution in [-0.2, 0) is 0 Å². The van der Waals surface area contributed by atoms with Gasteiger partial charge in [0.05, 0.1) is 35.1 Å². The quantitative estimate of drug-likeness (QED) is 0.209. The number of nitrogens with zero attached hydrogens (tertiary/aromatic N) is 2. The molecule has 3 amide bonds. The van der Waals surface area contributed by atoms with Gasteiger partial charge >= 0.3 is 0 Å². The van der Waals surface area contributed by atoms with Crippen molar-refractivity contribution in [3.8, 4) is 0 Å². The highest BCUT2D eigenvalue weighted by molar-refractivity contribution is 6.21. The van der Waals surface area contributed by atoms with Gasteiger partial charge in [-0.25, -0.2) is 5.48 Å². The largest absolute Gasteiger partial charge is 0.380 e. The van der Waals surface area contributed by atoms with Crippen molar-refractivity contribution in [2.24, 2.45) is 0 Å². The number of pyridine rings is 1. The first-order valence-electron chi connectivity index (χ1n) is 11.3. The third-order valence-electron chi connectivity index (χ3n) is 5.99. The molecular weight excluding hydrogens is 456 g/mol. The summed E-state index contributed by atoms with van der Waals surface area (Å²) in [6, 6.07) is 23.2. The molecule has 8 nitrogen and oxygen atoms in total. The topological polar surface area (TPSA) is 112 Å². The van der Waals surface area contributed by atoms with E-state index in [1.807, 2.05) is 36.4 Å². The highest BCUT2D eigenvalue weighted by Crippen LogP contribution is 2.24. The van der Waals surface area contributed by atoms with Gasteiger partial charge in [0.2, 0.25) is 0 Å². The molecule has 0 fully saturated rings. The number of amides is 3. The van der Waals surface area contributed by atoms with Crippen molar-refractivity contribution >= 4 is 40.4 Å². The van der Waals surface area contributed by atoms with Gasteiger partial charge in [0.1, 0.15) is 0 Å². The fourth-order valence-corrected chi connectivity index (χ4v) is 4.15. The lowest BCUT2D eigenvalue weighted by Gasteiger charge is -2.18. The first-order valence-corrected chi connectivity index (χ1v) is 11.3. The van der Waals surface area contributed by atoms with Crippen molar-refractivity contribution in [3.05, 3.63) is 113 Å². The molecule has 0 radical (unpaired) electrons. The Morgan fingerprint density at radius 2 is 1.58 bits per heavy atom. The Morgan fingerprint density at radius 1 is 0.917 bits per heavy atom. The normalized spacial score (nSPS) is 13.1. The van der Waals surface area contributed by atoms with E-state index in [0.29, 0.717) is 23.2 Å². The molecule has 0 bridgehead atoms. The maximum atomic E-state index is 12.9. The minimum absolute atomic E-state index is 0.0965. The van der Waals surface area contributed by atoms with E-state index in [1.165, 1.54) is 4.90 Å². The molecule has 4 aromatic rings. The minimum Gasteiger partial charge on any atom is -0.380 e. The van der Waals surface area contributed by atoms with Gasteiger partial charge in [-0.2, -0.15) is 0 Å². The van der Waals surface area contributed by atoms with Crippen LogP contribution in [0.4, 0.5) is 5.69 Å². The SMILES string of the molecule is O=C(NO)c1ccc(/C=C(/CNc2cnc3ccccc3c2)CN2C(=O)c3ccccc3C2=O)cc1. The zero-order valence-corrected chi connectivity index (χ0v) is 19.1. The number of carbonyl (C=O) groups is 3. The van der Waals surface area contributed by atoms with E-state index in [-0.39, 0.29) is 18.4 Å². The molecule has 1 aliphatic rings. The molecular formula is C28H22N4O4. The van der Waals surface area contributed by atoms with Crippen molar-refractivity contribution in [3.63, 3.8) is 0 Å². The second kappa shape index (κ2) is 9.81. The molecule has 3 aromatic carbocycles. The maximum absolute atomic E-state index is 12.9. The van der Waals surface area contributed by atoms with Crippen LogP contribution in [0, 0.1) is 0 Å². The number of fused-ring (bicyclic) bond motifs is 2. The van der Waals surface area contributed by atoms with E-state index in [2.05, 4.69) is 10.3 Å². The Kier molecular flexibility index (Phi) is 6.25. The van der Waals surface area contributed by atoms with E-state index < -0.39 is 5.91 Å². The third kappa shape index (κ3) is 4.57. The summed E-state index contributed by atoms with van der Waals surface area (Å²) in [6.07, 6.45) is 3.61. The van der Waals surface area contributed by atoms with Gasteiger partial charge < -0.3 is 5.32 Å². The number of hydrogen-bond donors (Lipinski definition) is 3. The summed E-state index contributed by atoms with van der Waals surface area (Å²) in [4.78, 5) is 43.2. The average molecular weight is 479 g/mol. The van der Waals surface area contributed by atoms with Crippen LogP contribution in [0.15, 0.2) is 90.6 Å². The first-order chi connectivity index (χ1) is 17.5. The van der Waals surface area contributed by atoms with Gasteiger partial charge in [0.25, 0.3) is 17.7 Å². The smallest absolute Gasteiger partial charge is 0.274 e. The number of imide groups is 1. The monoisotopic (exact) mass is 478 g/mol. The number of hydroxylamine groups is 1. The molecule has 1 aromatic heterocycles. The van der Waals surface area contributed by atoms with Gasteiger partial charge in [-0.15, -0.1) is 0 Å². The number of hydrogen-bond acceptors (Lipinski definition) is 6. The summed E-state index contributed by atoms with van der Waals surface area (Å²) in [5, 5.41) is 13.2. The summed E-state index contributed by atoms with van der Waals surface area (Å²) in [6.45, 7) is 0.450. The summed E-state index contributed by atoms with van der Waals surface area (Å²) < 4.78 is 0. The molecule has 0 atom stereocenters. The molecule has 36 heavy (non-hydrogen) atoms. The van der Waals surface area contributed by atoms with E-state index in [9.17, 15) is 14.4 Å². The minimum atomic E-state index is -0.609. The van der Waals surface area contributed by atoms with Crippen LogP contribution in [-0.4, -0.2) is 45.9 Å². The lowest BCUT2D eigenvalue weighted by Crippen LogP contribution is -2.33. The van der Waals surface area contributed by atoms with Crippen LogP contribution in [0.1, 0.15) is 36.6 Å². The molecule has 0 saturated heterocycles. The van der Waals surface area contributed by atoms with E-state index in [4.69, 9.17) is 5.21 Å². The van der Waals surface area contributed by atoms with Crippen LogP contribution in [0.2, 0.25) is 0 Å². The predicted molar refractivity (Wildman–Crippen MR) is 136 cm³/mol. The van der Waals surface area contributed by atoms with Crippen molar-refractivity contribution in [2.45, 2.75) is 0 Å². The highest BCUT2D eigenvalue weighted by atomic mass is 16.5. The first kappa shape index (κ1) is 22.9. The zero-order chi connectivity index (χ0) is 25.1. The van der Waals surface area contributed by atoms with Crippen molar-refractivity contribution in [1.82, 2.24) is 15.4 Å². The molecule has 5 rings (SSSR count). The van der Waals surface area contributed by atoms with Crippen LogP contribution in [0.5, 0.6) is 0 Å². The van der Waals surface area contributed by atoms with Crippen LogP contribution in [0.3, 0.4) is 0 Å². The summed E-state index contributed by atoms with van der Waals surface area (Å²) in [5.41, 5.74) is 5.94. The zero-order valence-electron chi connectivity index (χ0n) is 19.1. The number of para-hydroxylation sites is 1. The van der Waals surface area contributed by atoms with Crippen LogP contribution >= 0.6 is 0 Å². The van der Waals surface area contributed by atoms with Gasteiger partial charge in [0.15, 0.2) is 0 Å². The molecule has 0 spiro atoms. The van der Waals surface area contributed by atoms with Gasteiger partial charge in [-0.05, 0) is 47.5 Å². The van der Waals surface area contributed by atoms with Gasteiger partial charge in [-0.1, -0.05) is 48.5 Å². The summed E-state index contributed by atoms with van der Waals surface area (Å²) >= 11 is 0. The number of nitrogens with one attached hydrogen (secondary N) is 2. The van der Waals surface area contributed by atoms with E-state index in [0.717, 1.165) is 27.7 Å². The molecule has 0 saturated carbocycles. The predicted octanol–water partition coefficient (Wildman–Crippen LogP) is 4.15. The summed E-state index contributed by atoms with van der Waals surface area (Å²) in [7, 11) is 0. The van der Waals surface area contributed by atoms with Crippen molar-refractivity contribution < 1.29 is 19.6 Å². The molecule has 8 heteroatoms. The Morgan fingerprint density at radius 3 is 2.28 bits per heavy atom. The third-order valence-corrected chi connectivity index (χ3v) is 5.99. The number of aromatic nitrogens is 1. The fourth-order valence-electron chi connectivity index (χ4n) is 4.15. The molecule has 0 aliphatic carbocycles. The van der Waals surface area contributed by atoms with Crippen molar-refractivity contribution in [1.29, 1.82) is 0 Å². The molecule has 0 unspecified atom stereocenters. The maximum Gasteiger partial charge on any atom is 0.274 e. The Balaban J connectivity index is 1.42. The van der Waals surface area contributed by atoms with Gasteiger partial charge in [-0.3, -0.25) is 29.5 Å². The fraction of sp³-hybridized carbons (Fsp3) is 0.0714. The molecule has 3 N–H and O–H groups in total. The Labute approximate surface area is 206 Å². The molecule has 178 valence electrons.